The van der Waals surface area contributed by atoms with E-state index in [-0.39, 0.29) is 127 Å². The van der Waals surface area contributed by atoms with Crippen LogP contribution in [0, 0.1) is 11.8 Å². The number of primary amides is 1. The van der Waals surface area contributed by atoms with Crippen molar-refractivity contribution >= 4 is 98.4 Å². The van der Waals surface area contributed by atoms with Crippen LogP contribution in [-0.2, 0) is 94.1 Å². The number of carbonyl (C=O) groups excluding carboxylic acids is 13. The number of hydrogen-bond donors (Lipinski definition) is 15. The van der Waals surface area contributed by atoms with Gasteiger partial charge in [0, 0.05) is 87.2 Å². The second-order valence-electron chi connectivity index (χ2n) is 31.0. The minimum Gasteiger partial charge on any atom is -0.391 e. The molecule has 1 unspecified atom stereocenters. The van der Waals surface area contributed by atoms with Gasteiger partial charge in [0.2, 0.25) is 76.8 Å². The van der Waals surface area contributed by atoms with Gasteiger partial charge in [-0.25, -0.2) is 4.98 Å². The fourth-order valence-electron chi connectivity index (χ4n) is 14.0. The normalized spacial score (nSPS) is 20.3. The Morgan fingerprint density at radius 3 is 1.84 bits per heavy atom. The van der Waals surface area contributed by atoms with Gasteiger partial charge < -0.3 is 104 Å². The topological polar surface area (TPSA) is 545 Å². The SMILES string of the molecule is CCOCCOCCOCCOCCC(=O)NCCCC[C@@H]1NC(=O)[C@H]([C@@H](C)CC)NC(=O)[C@@H](NC(=O)C2CCCN2C(=O)[C@@H](NC(=O)[C@H](Cc2cnc[nH]2)NC(=O)[C@@H](NC(=O)[C@H](CC2N=NN=N2)NC(=O)CC(C)C)[C@@H](C)O)C(c2ccccc2)c2ccccc2)CSSC[C@@H](C(N)=O)NC(=O)[C@@H](CCCCN)NC(=O)C[C@H](Cc2ccccc2)NC1=O. The van der Waals surface area contributed by atoms with Gasteiger partial charge in [0.1, 0.15) is 60.4 Å². The predicted octanol–water partition coefficient (Wildman–Crippen LogP) is 2.05. The molecule has 2 fully saturated rings. The first-order valence-corrected chi connectivity index (χ1v) is 45.0. The van der Waals surface area contributed by atoms with Gasteiger partial charge in [0.25, 0.3) is 0 Å². The van der Waals surface area contributed by atoms with E-state index in [1.807, 2.05) is 19.1 Å². The second kappa shape index (κ2) is 55.1. The number of aliphatic hydroxyl groups is 1. The van der Waals surface area contributed by atoms with Gasteiger partial charge in [-0.05, 0) is 117 Å². The van der Waals surface area contributed by atoms with Crippen molar-refractivity contribution in [3.05, 3.63) is 126 Å². The van der Waals surface area contributed by atoms with Crippen molar-refractivity contribution in [2.45, 2.75) is 223 Å². The number of aromatic amines is 1. The first kappa shape index (κ1) is 101. The molecular weight excluding hydrogens is 1640 g/mol. The molecule has 4 aromatic rings. The van der Waals surface area contributed by atoms with Crippen LogP contribution in [0.15, 0.2) is 124 Å². The molecule has 3 aliphatic heterocycles. The number of carbonyl (C=O) groups is 13. The average Bonchev–Trinajstić information content (AvgIpc) is 1.34. The smallest absolute Gasteiger partial charge is 0.246 e. The maximum atomic E-state index is 16.2. The highest BCUT2D eigenvalue weighted by Crippen LogP contribution is 2.33. The predicted molar refractivity (Wildman–Crippen MR) is 462 cm³/mol. The molecule has 3 aromatic carbocycles. The zero-order chi connectivity index (χ0) is 89.7. The average molecular weight is 1770 g/mol. The molecular formula is C84H124N20O18S2. The van der Waals surface area contributed by atoms with Gasteiger partial charge in [-0.1, -0.05) is 147 Å². The fraction of sp³-hybridized carbons (Fsp3) is 0.595. The molecule has 0 saturated carbocycles. The van der Waals surface area contributed by atoms with E-state index in [4.69, 9.17) is 30.4 Å². The lowest BCUT2D eigenvalue weighted by Gasteiger charge is -2.35. The van der Waals surface area contributed by atoms with Crippen LogP contribution in [0.3, 0.4) is 0 Å². The first-order valence-electron chi connectivity index (χ1n) is 42.5. The Balaban J connectivity index is 1.19. The number of benzene rings is 3. The van der Waals surface area contributed by atoms with Crippen molar-refractivity contribution in [2.24, 2.45) is 44.0 Å². The number of hydrogen-bond acceptors (Lipinski definition) is 26. The zero-order valence-electron chi connectivity index (χ0n) is 71.4. The lowest BCUT2D eigenvalue weighted by Crippen LogP contribution is -2.62. The summed E-state index contributed by atoms with van der Waals surface area (Å²) in [5.41, 5.74) is 14.0. The van der Waals surface area contributed by atoms with Crippen molar-refractivity contribution in [3.63, 3.8) is 0 Å². The van der Waals surface area contributed by atoms with Crippen molar-refractivity contribution < 1.29 is 86.4 Å². The Bertz CT molecular complexity index is 4040. The Kier molecular flexibility index (Phi) is 44.7. The maximum Gasteiger partial charge on any atom is 0.246 e. The van der Waals surface area contributed by atoms with Crippen LogP contribution in [0.5, 0.6) is 0 Å². The van der Waals surface area contributed by atoms with Gasteiger partial charge in [-0.3, -0.25) is 62.3 Å². The summed E-state index contributed by atoms with van der Waals surface area (Å²) in [5.74, 6) is -12.2. The van der Waals surface area contributed by atoms with Crippen LogP contribution in [0.4, 0.5) is 0 Å². The fourth-order valence-corrected chi connectivity index (χ4v) is 16.4. The highest BCUT2D eigenvalue weighted by atomic mass is 33.1. The molecule has 17 N–H and O–H groups in total. The zero-order valence-corrected chi connectivity index (χ0v) is 73.0. The minimum atomic E-state index is -1.77. The van der Waals surface area contributed by atoms with Crippen molar-refractivity contribution in [3.8, 4) is 0 Å². The van der Waals surface area contributed by atoms with Gasteiger partial charge in [-0.2, -0.15) is 0 Å². The number of unbranched alkanes of at least 4 members (excludes halogenated alkanes) is 2. The van der Waals surface area contributed by atoms with Crippen LogP contribution in [0.1, 0.15) is 153 Å². The third-order valence-electron chi connectivity index (χ3n) is 20.8. The minimum absolute atomic E-state index is 0.00259. The third kappa shape index (κ3) is 35.0. The lowest BCUT2D eigenvalue weighted by atomic mass is 9.84. The summed E-state index contributed by atoms with van der Waals surface area (Å²) in [4.78, 5) is 198. The first-order chi connectivity index (χ1) is 59.8. The highest BCUT2D eigenvalue weighted by molar-refractivity contribution is 8.76. The lowest BCUT2D eigenvalue weighted by molar-refractivity contribution is -0.143. The summed E-state index contributed by atoms with van der Waals surface area (Å²) in [6.07, 6.45) is 1.63. The number of rotatable bonds is 47. The standard InChI is InChI=1S/C84H124N20O18S2/c1-7-53(5)72-82(116)93-61(30-19-21-34-88-68(106)32-36-120-39-40-122-42-41-121-38-37-119-8-2)76(110)90-58(44-55-23-12-9-13-24-55)46-70(108)91-60(29-18-20-33-85)77(111)95-64(75(86)109)49-123-124-50-65(80(114)97-72)96-81(115)66-31-22-35-104(66)84(118)74(71(56-25-14-10-15-26-56)57-27-16-11-17-28-57)99-78(112)62(45-59-48-87-51-89-59)94-83(117)73(54(6)105)98-79(113)63(47-67-100-102-103-101-67)92-69(107)43-52(3)4/h9-17,23-28,48,51-54,58,60-67,71-74,105H,7-8,18-22,29-47,49-50,85H2,1-6H3,(H2,86,109)(H,87,89)(H,88,106)(H,90,110)(H,91,108)(H,92,107)(H,93,116)(H,94,117)(H,95,111)(H,96,115)(H,97,114)(H,98,113)(H,99,112)/t53-,54+,58-,60+,61-,62-,63-,64-,65-,66?,72-,73-,74-/m0/s1. The molecule has 1 aromatic heterocycles. The number of H-pyrrole nitrogens is 1. The number of imidazole rings is 1. The van der Waals surface area contributed by atoms with Gasteiger partial charge in [0.15, 0.2) is 6.17 Å². The Morgan fingerprint density at radius 1 is 0.637 bits per heavy atom. The van der Waals surface area contributed by atoms with E-state index in [2.05, 4.69) is 89.1 Å². The van der Waals surface area contributed by atoms with E-state index < -0.39 is 161 Å². The second-order valence-corrected chi connectivity index (χ2v) is 33.6. The number of likely N-dealkylation sites (tertiary alicyclic amines) is 1. The van der Waals surface area contributed by atoms with Gasteiger partial charge >= 0.3 is 0 Å². The van der Waals surface area contributed by atoms with E-state index >= 15 is 28.8 Å². The van der Waals surface area contributed by atoms with Crippen molar-refractivity contribution in [1.82, 2.24) is 73.4 Å². The molecule has 124 heavy (non-hydrogen) atoms. The molecule has 38 nitrogen and oxygen atoms in total. The van der Waals surface area contributed by atoms with E-state index in [1.54, 1.807) is 107 Å². The third-order valence-corrected chi connectivity index (χ3v) is 23.3. The Labute approximate surface area is 730 Å². The van der Waals surface area contributed by atoms with Gasteiger partial charge in [0.05, 0.1) is 58.7 Å². The van der Waals surface area contributed by atoms with E-state index in [0.29, 0.717) is 82.1 Å². The molecule has 4 heterocycles. The quantitative estimate of drug-likeness (QED) is 0.0222. The summed E-state index contributed by atoms with van der Waals surface area (Å²) < 4.78 is 21.9. The van der Waals surface area contributed by atoms with Crippen LogP contribution >= 0.6 is 21.6 Å². The number of nitrogens with zero attached hydrogens (tertiary/aromatic N) is 6. The molecule has 2 saturated heterocycles. The monoisotopic (exact) mass is 1760 g/mol. The number of aliphatic hydroxyl groups excluding tert-OH is 1. The molecule has 0 bridgehead atoms. The van der Waals surface area contributed by atoms with E-state index in [0.717, 1.165) is 27.2 Å². The van der Waals surface area contributed by atoms with Crippen molar-refractivity contribution in [2.75, 3.05) is 84.0 Å². The summed E-state index contributed by atoms with van der Waals surface area (Å²) in [6.45, 7) is 13.7. The van der Waals surface area contributed by atoms with Gasteiger partial charge in [-0.15, -0.1) is 10.2 Å². The number of aromatic nitrogens is 2. The van der Waals surface area contributed by atoms with Crippen molar-refractivity contribution in [1.29, 1.82) is 0 Å². The Morgan fingerprint density at radius 2 is 1.23 bits per heavy atom. The molecule has 0 radical (unpaired) electrons. The highest BCUT2D eigenvalue weighted by Gasteiger charge is 2.45. The molecule has 0 spiro atoms. The van der Waals surface area contributed by atoms with Crippen LogP contribution < -0.4 is 70.0 Å². The molecule has 13 amide bonds. The summed E-state index contributed by atoms with van der Waals surface area (Å²) >= 11 is 0. The largest absolute Gasteiger partial charge is 0.391 e. The van der Waals surface area contributed by atoms with E-state index in [9.17, 15) is 38.7 Å². The van der Waals surface area contributed by atoms with Crippen LogP contribution in [0.25, 0.3) is 0 Å². The summed E-state index contributed by atoms with van der Waals surface area (Å²) in [6, 6.07) is 11.1. The molecule has 13 atom stereocenters. The Hall–Kier alpha value is -10.4. The molecule has 3 aliphatic rings. The number of nitrogens with two attached hydrogens (primary N) is 2. The van der Waals surface area contributed by atoms with Crippen LogP contribution in [0.2, 0.25) is 0 Å². The number of nitrogens with one attached hydrogen (secondary N) is 12. The summed E-state index contributed by atoms with van der Waals surface area (Å²) in [7, 11) is 2.01. The maximum absolute atomic E-state index is 16.2. The number of amides is 13. The molecule has 40 heteroatoms. The molecule has 0 aliphatic carbocycles. The van der Waals surface area contributed by atoms with E-state index in [1.165, 1.54) is 24.3 Å². The van der Waals surface area contributed by atoms with Crippen LogP contribution in [-0.4, -0.2) is 259 Å². The molecule has 7 rings (SSSR count). The summed E-state index contributed by atoms with van der Waals surface area (Å²) in [5, 5.41) is 56.8. The molecule has 680 valence electrons. The number of ether oxygens (including phenoxy) is 4.